The van der Waals surface area contributed by atoms with Gasteiger partial charge >= 0.3 is 5.97 Å². The Bertz CT molecular complexity index is 735. The van der Waals surface area contributed by atoms with Crippen molar-refractivity contribution in [3.63, 3.8) is 0 Å². The summed E-state index contributed by atoms with van der Waals surface area (Å²) in [5.41, 5.74) is 0. The van der Waals surface area contributed by atoms with Gasteiger partial charge in [0, 0.05) is 6.42 Å². The molecule has 0 saturated heterocycles. The van der Waals surface area contributed by atoms with E-state index in [9.17, 15) is 13.2 Å². The number of carboxylic acids is 1. The molecule has 1 aromatic carbocycles. The van der Waals surface area contributed by atoms with Crippen LogP contribution in [-0.4, -0.2) is 26.1 Å². The molecule has 0 fully saturated rings. The Morgan fingerprint density at radius 3 is 2.80 bits per heavy atom. The highest BCUT2D eigenvalue weighted by Gasteiger charge is 2.14. The number of benzene rings is 1. The van der Waals surface area contributed by atoms with E-state index in [-0.39, 0.29) is 17.2 Å². The van der Waals surface area contributed by atoms with Gasteiger partial charge in [0.25, 0.3) is 0 Å². The van der Waals surface area contributed by atoms with Crippen LogP contribution in [0.2, 0.25) is 0 Å². The molecule has 0 spiro atoms. The Balaban J connectivity index is 2.21. The molecule has 3 N–H and O–H groups in total. The van der Waals surface area contributed by atoms with E-state index in [0.29, 0.717) is 16.9 Å². The molecule has 108 valence electrons. The molecule has 0 bridgehead atoms. The first-order valence-corrected chi connectivity index (χ1v) is 8.14. The number of rotatable bonds is 6. The molecule has 0 radical (unpaired) electrons. The first-order chi connectivity index (χ1) is 9.38. The highest BCUT2D eigenvalue weighted by Crippen LogP contribution is 2.35. The number of hydrogen-bond acceptors (Lipinski definition) is 5. The van der Waals surface area contributed by atoms with Crippen LogP contribution in [0.1, 0.15) is 12.8 Å². The predicted octanol–water partition coefficient (Wildman–Crippen LogP) is 1.79. The van der Waals surface area contributed by atoms with E-state index in [2.05, 4.69) is 0 Å². The topological polar surface area (TPSA) is 107 Å². The average molecular weight is 315 g/mol. The van der Waals surface area contributed by atoms with Crippen LogP contribution >= 0.6 is 11.3 Å². The van der Waals surface area contributed by atoms with Gasteiger partial charge in [0.2, 0.25) is 10.0 Å². The first kappa shape index (κ1) is 14.8. The molecule has 0 aliphatic carbocycles. The smallest absolute Gasteiger partial charge is 0.303 e. The molecule has 8 heteroatoms. The molecule has 1 heterocycles. The van der Waals surface area contributed by atoms with E-state index in [0.717, 1.165) is 16.7 Å². The number of ether oxygens (including phenoxy) is 1. The number of carboxylic acid groups (broad SMARTS) is 1. The van der Waals surface area contributed by atoms with Crippen molar-refractivity contribution in [1.82, 2.24) is 0 Å². The Hall–Kier alpha value is -1.64. The van der Waals surface area contributed by atoms with Gasteiger partial charge in [-0.05, 0) is 23.9 Å². The quantitative estimate of drug-likeness (QED) is 0.790. The minimum absolute atomic E-state index is 0.0306. The van der Waals surface area contributed by atoms with Crippen LogP contribution in [0.3, 0.4) is 0 Å². The Kier molecular flexibility index (Phi) is 4.26. The van der Waals surface area contributed by atoms with E-state index in [1.54, 1.807) is 18.2 Å². The summed E-state index contributed by atoms with van der Waals surface area (Å²) in [5, 5.41) is 14.4. The molecule has 6 nitrogen and oxygen atoms in total. The fourth-order valence-corrected chi connectivity index (χ4v) is 3.54. The van der Waals surface area contributed by atoms with Crippen LogP contribution in [0, 0.1) is 0 Å². The van der Waals surface area contributed by atoms with Crippen molar-refractivity contribution in [1.29, 1.82) is 0 Å². The largest absolute Gasteiger partial charge is 0.492 e. The van der Waals surface area contributed by atoms with Crippen LogP contribution in [0.4, 0.5) is 0 Å². The molecule has 2 aromatic rings. The SMILES string of the molecule is NS(=O)(=O)c1cc2cccc(OCCCC(=O)O)c2s1. The molecule has 0 unspecified atom stereocenters. The van der Waals surface area contributed by atoms with Crippen molar-refractivity contribution in [2.45, 2.75) is 17.1 Å². The molecule has 0 atom stereocenters. The highest BCUT2D eigenvalue weighted by atomic mass is 32.2. The van der Waals surface area contributed by atoms with Gasteiger partial charge in [-0.3, -0.25) is 4.79 Å². The summed E-state index contributed by atoms with van der Waals surface area (Å²) in [5.74, 6) is -0.341. The second-order valence-electron chi connectivity index (χ2n) is 4.13. The number of carbonyl (C=O) groups is 1. The van der Waals surface area contributed by atoms with Crippen LogP contribution in [0.25, 0.3) is 10.1 Å². The van der Waals surface area contributed by atoms with Crippen LogP contribution < -0.4 is 9.88 Å². The van der Waals surface area contributed by atoms with Gasteiger partial charge in [0.1, 0.15) is 9.96 Å². The molecule has 0 aliphatic rings. The Morgan fingerprint density at radius 2 is 2.15 bits per heavy atom. The lowest BCUT2D eigenvalue weighted by Crippen LogP contribution is -2.09. The van der Waals surface area contributed by atoms with Gasteiger partial charge in [-0.15, -0.1) is 11.3 Å². The average Bonchev–Trinajstić information content (AvgIpc) is 2.78. The fourth-order valence-electron chi connectivity index (χ4n) is 1.67. The maximum atomic E-state index is 11.3. The third-order valence-electron chi connectivity index (χ3n) is 2.56. The first-order valence-electron chi connectivity index (χ1n) is 5.78. The maximum Gasteiger partial charge on any atom is 0.303 e. The highest BCUT2D eigenvalue weighted by molar-refractivity contribution is 7.91. The molecule has 0 amide bonds. The van der Waals surface area contributed by atoms with Crippen LogP contribution in [-0.2, 0) is 14.8 Å². The second-order valence-corrected chi connectivity index (χ2v) is 6.97. The Morgan fingerprint density at radius 1 is 1.40 bits per heavy atom. The summed E-state index contributed by atoms with van der Waals surface area (Å²) in [6.07, 6.45) is 0.419. The number of thiophene rings is 1. The van der Waals surface area contributed by atoms with Gasteiger partial charge in [-0.25, -0.2) is 13.6 Å². The number of sulfonamides is 1. The lowest BCUT2D eigenvalue weighted by atomic mass is 10.2. The van der Waals surface area contributed by atoms with Gasteiger partial charge in [-0.2, -0.15) is 0 Å². The van der Waals surface area contributed by atoms with E-state index in [1.807, 2.05) is 0 Å². The summed E-state index contributed by atoms with van der Waals surface area (Å²) in [6.45, 7) is 0.258. The molecule has 2 rings (SSSR count). The van der Waals surface area contributed by atoms with E-state index >= 15 is 0 Å². The number of nitrogens with two attached hydrogens (primary N) is 1. The summed E-state index contributed by atoms with van der Waals surface area (Å²) in [7, 11) is -3.73. The van der Waals surface area contributed by atoms with Gasteiger partial charge in [-0.1, -0.05) is 12.1 Å². The molecule has 0 aliphatic heterocycles. The minimum Gasteiger partial charge on any atom is -0.492 e. The molecule has 20 heavy (non-hydrogen) atoms. The molecular weight excluding hydrogens is 302 g/mol. The normalized spacial score (nSPS) is 11.7. The molecular formula is C12H13NO5S2. The molecule has 0 saturated carbocycles. The van der Waals surface area contributed by atoms with Gasteiger partial charge < -0.3 is 9.84 Å². The third kappa shape index (κ3) is 3.47. The Labute approximate surface area is 119 Å². The van der Waals surface area contributed by atoms with Gasteiger partial charge in [0.05, 0.1) is 11.3 Å². The summed E-state index contributed by atoms with van der Waals surface area (Å²) < 4.78 is 28.9. The van der Waals surface area contributed by atoms with Gasteiger partial charge in [0.15, 0.2) is 0 Å². The zero-order valence-electron chi connectivity index (χ0n) is 10.4. The lowest BCUT2D eigenvalue weighted by molar-refractivity contribution is -0.137. The van der Waals surface area contributed by atoms with Crippen molar-refractivity contribution in [3.8, 4) is 5.75 Å². The van der Waals surface area contributed by atoms with Crippen molar-refractivity contribution in [2.75, 3.05) is 6.61 Å². The van der Waals surface area contributed by atoms with E-state index < -0.39 is 16.0 Å². The van der Waals surface area contributed by atoms with Crippen LogP contribution in [0.5, 0.6) is 5.75 Å². The van der Waals surface area contributed by atoms with Crippen molar-refractivity contribution >= 4 is 37.4 Å². The second kappa shape index (κ2) is 5.78. The lowest BCUT2D eigenvalue weighted by Gasteiger charge is -2.05. The summed E-state index contributed by atoms with van der Waals surface area (Å²) in [6, 6.07) is 6.73. The zero-order chi connectivity index (χ0) is 14.8. The number of fused-ring (bicyclic) bond motifs is 1. The van der Waals surface area contributed by atoms with E-state index in [1.165, 1.54) is 6.07 Å². The summed E-state index contributed by atoms with van der Waals surface area (Å²) in [4.78, 5) is 10.4. The predicted molar refractivity (Wildman–Crippen MR) is 75.6 cm³/mol. The minimum atomic E-state index is -3.73. The van der Waals surface area contributed by atoms with E-state index in [4.69, 9.17) is 15.0 Å². The van der Waals surface area contributed by atoms with Crippen LogP contribution in [0.15, 0.2) is 28.5 Å². The molecule has 1 aromatic heterocycles. The summed E-state index contributed by atoms with van der Waals surface area (Å²) >= 11 is 1.04. The van der Waals surface area contributed by atoms with Crippen molar-refractivity contribution < 1.29 is 23.1 Å². The fraction of sp³-hybridized carbons (Fsp3) is 0.250. The number of aliphatic carboxylic acids is 1. The number of hydrogen-bond donors (Lipinski definition) is 2. The number of primary sulfonamides is 1. The maximum absolute atomic E-state index is 11.3. The van der Waals surface area contributed by atoms with Crippen molar-refractivity contribution in [3.05, 3.63) is 24.3 Å². The third-order valence-corrected chi connectivity index (χ3v) is 5.14. The van der Waals surface area contributed by atoms with Crippen molar-refractivity contribution in [2.24, 2.45) is 5.14 Å². The monoisotopic (exact) mass is 315 g/mol. The standard InChI is InChI=1S/C12H13NO5S2/c13-20(16,17)11-7-8-3-1-4-9(12(8)19-11)18-6-2-5-10(14)15/h1,3-4,7H,2,5-6H2,(H,14,15)(H2,13,16,17). The zero-order valence-corrected chi connectivity index (χ0v) is 12.0.